The fraction of sp³-hybridized carbons (Fsp3) is 0.200. The van der Waals surface area contributed by atoms with Gasteiger partial charge in [-0.1, -0.05) is 47.6 Å². The Morgan fingerprint density at radius 1 is 1.19 bits per heavy atom. The van der Waals surface area contributed by atoms with Crippen LogP contribution in [0, 0.1) is 0 Å². The minimum atomic E-state index is -4.61. The Morgan fingerprint density at radius 2 is 1.87 bits per heavy atom. The fourth-order valence-corrected chi connectivity index (χ4v) is 3.71. The van der Waals surface area contributed by atoms with Crippen molar-refractivity contribution >= 4 is 51.7 Å². The summed E-state index contributed by atoms with van der Waals surface area (Å²) in [6.07, 6.45) is -4.93. The van der Waals surface area contributed by atoms with E-state index in [2.05, 4.69) is 20.8 Å². The molecular formula is C20H16ClF3N4O2S. The number of benzene rings is 2. The molecule has 1 atom stereocenters. The van der Waals surface area contributed by atoms with E-state index in [0.717, 1.165) is 29.5 Å². The second-order valence-electron chi connectivity index (χ2n) is 6.49. The zero-order valence-corrected chi connectivity index (χ0v) is 17.6. The number of halogens is 4. The number of rotatable bonds is 5. The summed E-state index contributed by atoms with van der Waals surface area (Å²) in [5.41, 5.74) is 0.0629. The van der Waals surface area contributed by atoms with Crippen LogP contribution in [0.15, 0.2) is 58.7 Å². The number of amides is 2. The monoisotopic (exact) mass is 468 g/mol. The van der Waals surface area contributed by atoms with Crippen molar-refractivity contribution in [2.24, 2.45) is 10.2 Å². The Morgan fingerprint density at radius 3 is 2.55 bits per heavy atom. The van der Waals surface area contributed by atoms with Gasteiger partial charge in [0.25, 0.3) is 0 Å². The topological polar surface area (TPSA) is 82.9 Å². The average molecular weight is 469 g/mol. The summed E-state index contributed by atoms with van der Waals surface area (Å²) in [6, 6.07) is 11.6. The van der Waals surface area contributed by atoms with E-state index in [0.29, 0.717) is 10.7 Å². The molecule has 0 saturated carbocycles. The van der Waals surface area contributed by atoms with Crippen molar-refractivity contribution in [1.29, 1.82) is 0 Å². The van der Waals surface area contributed by atoms with E-state index in [-0.39, 0.29) is 17.3 Å². The molecular weight excluding hydrogens is 453 g/mol. The van der Waals surface area contributed by atoms with Gasteiger partial charge in [-0.3, -0.25) is 9.59 Å². The van der Waals surface area contributed by atoms with Crippen LogP contribution in [0.3, 0.4) is 0 Å². The van der Waals surface area contributed by atoms with Crippen molar-refractivity contribution in [1.82, 2.24) is 5.32 Å². The number of thioether (sulfide) groups is 1. The van der Waals surface area contributed by atoms with Crippen molar-refractivity contribution in [3.8, 4) is 0 Å². The second kappa shape index (κ2) is 9.52. The van der Waals surface area contributed by atoms with Gasteiger partial charge in [-0.2, -0.15) is 18.3 Å². The van der Waals surface area contributed by atoms with E-state index in [1.807, 2.05) is 0 Å². The van der Waals surface area contributed by atoms with Crippen LogP contribution < -0.4 is 10.6 Å². The van der Waals surface area contributed by atoms with Crippen LogP contribution in [-0.2, 0) is 15.8 Å². The van der Waals surface area contributed by atoms with E-state index in [4.69, 9.17) is 11.6 Å². The summed E-state index contributed by atoms with van der Waals surface area (Å²) >= 11 is 6.83. The molecule has 162 valence electrons. The van der Waals surface area contributed by atoms with Gasteiger partial charge in [0, 0.05) is 11.4 Å². The molecule has 11 heteroatoms. The first-order valence-corrected chi connectivity index (χ1v) is 10.2. The molecule has 0 radical (unpaired) electrons. The smallest absolute Gasteiger partial charge is 0.325 e. The van der Waals surface area contributed by atoms with Crippen molar-refractivity contribution in [3.63, 3.8) is 0 Å². The lowest BCUT2D eigenvalue weighted by Gasteiger charge is -2.14. The number of amidine groups is 1. The van der Waals surface area contributed by atoms with Crippen LogP contribution in [0.4, 0.5) is 18.9 Å². The molecule has 1 unspecified atom stereocenters. The third-order valence-electron chi connectivity index (χ3n) is 4.21. The normalized spacial score (nSPS) is 18.2. The van der Waals surface area contributed by atoms with Gasteiger partial charge in [-0.15, -0.1) is 5.10 Å². The third-order valence-corrected chi connectivity index (χ3v) is 5.53. The molecule has 0 bridgehead atoms. The Kier molecular flexibility index (Phi) is 7.01. The lowest BCUT2D eigenvalue weighted by molar-refractivity contribution is -0.137. The van der Waals surface area contributed by atoms with Gasteiger partial charge in [0.1, 0.15) is 5.25 Å². The van der Waals surface area contributed by atoms with E-state index < -0.39 is 28.8 Å². The molecule has 2 aromatic rings. The fourth-order valence-electron chi connectivity index (χ4n) is 2.66. The summed E-state index contributed by atoms with van der Waals surface area (Å²) in [4.78, 5) is 24.3. The van der Waals surface area contributed by atoms with Crippen LogP contribution in [0.25, 0.3) is 0 Å². The third kappa shape index (κ3) is 6.08. The van der Waals surface area contributed by atoms with Crippen LogP contribution >= 0.6 is 23.4 Å². The Balaban J connectivity index is 1.63. The molecule has 6 nitrogen and oxygen atoms in total. The van der Waals surface area contributed by atoms with Gasteiger partial charge < -0.3 is 10.6 Å². The summed E-state index contributed by atoms with van der Waals surface area (Å²) in [5, 5.41) is 12.7. The molecule has 3 rings (SSSR count). The first kappa shape index (κ1) is 22.8. The molecule has 2 N–H and O–H groups in total. The molecule has 0 spiro atoms. The maximum Gasteiger partial charge on any atom is 0.418 e. The first-order valence-electron chi connectivity index (χ1n) is 8.95. The minimum Gasteiger partial charge on any atom is -0.325 e. The molecule has 1 saturated heterocycles. The summed E-state index contributed by atoms with van der Waals surface area (Å²) in [6.45, 7) is 1.73. The van der Waals surface area contributed by atoms with Crippen molar-refractivity contribution in [2.75, 3.05) is 5.32 Å². The van der Waals surface area contributed by atoms with Crippen molar-refractivity contribution in [2.45, 2.75) is 24.8 Å². The Labute approximate surface area is 185 Å². The SMILES string of the molecule is CC(=N/N=C1/NC(=O)C(CC(=O)Nc2ccccc2C(F)(F)F)S1)c1ccc(Cl)cc1. The van der Waals surface area contributed by atoms with Crippen LogP contribution in [0.1, 0.15) is 24.5 Å². The summed E-state index contributed by atoms with van der Waals surface area (Å²) < 4.78 is 39.2. The zero-order chi connectivity index (χ0) is 22.6. The predicted molar refractivity (Wildman–Crippen MR) is 115 cm³/mol. The quantitative estimate of drug-likeness (QED) is 0.493. The number of nitrogens with one attached hydrogen (secondary N) is 2. The number of hydrogen-bond donors (Lipinski definition) is 2. The number of carbonyl (C=O) groups excluding carboxylic acids is 2. The molecule has 1 heterocycles. The molecule has 31 heavy (non-hydrogen) atoms. The molecule has 1 aliphatic heterocycles. The number of anilines is 1. The Bertz CT molecular complexity index is 1060. The van der Waals surface area contributed by atoms with Gasteiger partial charge in [0.05, 0.1) is 17.0 Å². The highest BCUT2D eigenvalue weighted by Gasteiger charge is 2.35. The average Bonchev–Trinajstić information content (AvgIpc) is 3.05. The van der Waals surface area contributed by atoms with E-state index >= 15 is 0 Å². The highest BCUT2D eigenvalue weighted by Crippen LogP contribution is 2.34. The van der Waals surface area contributed by atoms with Crippen molar-refractivity contribution < 1.29 is 22.8 Å². The second-order valence-corrected chi connectivity index (χ2v) is 8.12. The zero-order valence-electron chi connectivity index (χ0n) is 16.0. The number of carbonyl (C=O) groups is 2. The minimum absolute atomic E-state index is 0.201. The van der Waals surface area contributed by atoms with E-state index in [1.165, 1.54) is 12.1 Å². The van der Waals surface area contributed by atoms with Gasteiger partial charge in [-0.05, 0) is 36.8 Å². The number of para-hydroxylation sites is 1. The molecule has 2 amide bonds. The largest absolute Gasteiger partial charge is 0.418 e. The van der Waals surface area contributed by atoms with E-state index in [9.17, 15) is 22.8 Å². The summed E-state index contributed by atoms with van der Waals surface area (Å²) in [5.74, 6) is -1.19. The van der Waals surface area contributed by atoms with Gasteiger partial charge in [0.2, 0.25) is 11.8 Å². The Hall–Kier alpha value is -2.85. The summed E-state index contributed by atoms with van der Waals surface area (Å²) in [7, 11) is 0. The standard InChI is InChI=1S/C20H16ClF3N4O2S/c1-11(12-6-8-13(21)9-7-12)27-28-19-26-18(30)16(31-19)10-17(29)25-15-5-3-2-4-14(15)20(22,23)24/h2-9,16H,10H2,1H3,(H,25,29)(H,26,28,30). The molecule has 1 fully saturated rings. The van der Waals surface area contributed by atoms with Crippen molar-refractivity contribution in [3.05, 3.63) is 64.7 Å². The van der Waals surface area contributed by atoms with E-state index in [1.54, 1.807) is 31.2 Å². The molecule has 0 aliphatic carbocycles. The highest BCUT2D eigenvalue weighted by atomic mass is 35.5. The lowest BCUT2D eigenvalue weighted by atomic mass is 10.1. The maximum absolute atomic E-state index is 13.1. The highest BCUT2D eigenvalue weighted by molar-refractivity contribution is 8.15. The van der Waals surface area contributed by atoms with Gasteiger partial charge >= 0.3 is 6.18 Å². The lowest BCUT2D eigenvalue weighted by Crippen LogP contribution is -2.28. The molecule has 2 aromatic carbocycles. The number of nitrogens with zero attached hydrogens (tertiary/aromatic N) is 2. The van der Waals surface area contributed by atoms with Gasteiger partial charge in [0.15, 0.2) is 5.17 Å². The first-order chi connectivity index (χ1) is 14.6. The molecule has 1 aliphatic rings. The predicted octanol–water partition coefficient (Wildman–Crippen LogP) is 4.70. The number of hydrogen-bond acceptors (Lipinski definition) is 5. The van der Waals surface area contributed by atoms with Crippen LogP contribution in [-0.4, -0.2) is 27.9 Å². The van der Waals surface area contributed by atoms with Crippen LogP contribution in [0.2, 0.25) is 5.02 Å². The van der Waals surface area contributed by atoms with Gasteiger partial charge in [-0.25, -0.2) is 0 Å². The number of alkyl halides is 3. The van der Waals surface area contributed by atoms with Crippen LogP contribution in [0.5, 0.6) is 0 Å². The maximum atomic E-state index is 13.1. The molecule has 0 aromatic heterocycles.